The van der Waals surface area contributed by atoms with Gasteiger partial charge in [0.05, 0.1) is 0 Å². The molecule has 2 saturated carbocycles. The Labute approximate surface area is 229 Å². The van der Waals surface area contributed by atoms with Crippen molar-refractivity contribution in [2.45, 2.75) is 75.3 Å². The van der Waals surface area contributed by atoms with E-state index in [1.54, 1.807) is 7.05 Å². The smallest absolute Gasteiger partial charge is 0.330 e. The molecule has 8 rings (SSSR count). The van der Waals surface area contributed by atoms with E-state index in [2.05, 4.69) is 11.0 Å². The third kappa shape index (κ3) is 3.92. The summed E-state index contributed by atoms with van der Waals surface area (Å²) < 4.78 is 2.37. The highest BCUT2D eigenvalue weighted by Crippen LogP contribution is 2.58. The predicted molar refractivity (Wildman–Crippen MR) is 148 cm³/mol. The summed E-state index contributed by atoms with van der Waals surface area (Å²) in [5.74, 6) is 1.59. The SMILES string of the molecule is Cn1cc(C(=O)N2C[C@H]3CCC4Cc5ccc(O)cc5C5(CCCC2C35)CCN4CC2CC2)c(=O)n(C)c1=O. The highest BCUT2D eigenvalue weighted by Gasteiger charge is 2.58. The Morgan fingerprint density at radius 3 is 2.69 bits per heavy atom. The minimum atomic E-state index is -0.515. The molecule has 8 nitrogen and oxygen atoms in total. The van der Waals surface area contributed by atoms with Crippen LogP contribution >= 0.6 is 0 Å². The van der Waals surface area contributed by atoms with Gasteiger partial charge >= 0.3 is 5.69 Å². The number of amides is 1. The number of phenols is 1. The molecule has 1 N–H and O–H groups in total. The number of aromatic hydroxyl groups is 1. The van der Waals surface area contributed by atoms with Crippen LogP contribution in [0, 0.1) is 17.8 Å². The van der Waals surface area contributed by atoms with Crippen LogP contribution in [0.5, 0.6) is 5.75 Å². The average molecular weight is 533 g/mol. The molecule has 4 unspecified atom stereocenters. The van der Waals surface area contributed by atoms with Crippen LogP contribution in [-0.2, 0) is 25.9 Å². The summed E-state index contributed by atoms with van der Waals surface area (Å²) in [5, 5.41) is 10.7. The highest BCUT2D eigenvalue weighted by molar-refractivity contribution is 5.94. The number of aromatic nitrogens is 2. The Morgan fingerprint density at radius 2 is 1.90 bits per heavy atom. The maximum absolute atomic E-state index is 14.1. The van der Waals surface area contributed by atoms with Crippen LogP contribution in [0.1, 0.15) is 72.9 Å². The number of carbonyl (C=O) groups is 1. The fraction of sp³-hybridized carbons (Fsp3) is 0.645. The Balaban J connectivity index is 1.33. The number of likely N-dealkylation sites (tertiary alicyclic amines) is 1. The number of aryl methyl sites for hydroxylation is 1. The van der Waals surface area contributed by atoms with Crippen molar-refractivity contribution in [3.63, 3.8) is 0 Å². The van der Waals surface area contributed by atoms with Crippen LogP contribution in [0.25, 0.3) is 0 Å². The maximum Gasteiger partial charge on any atom is 0.330 e. The first kappa shape index (κ1) is 25.1. The molecule has 2 saturated heterocycles. The molecule has 1 aromatic heterocycles. The predicted octanol–water partition coefficient (Wildman–Crippen LogP) is 2.79. The zero-order valence-electron chi connectivity index (χ0n) is 23.1. The largest absolute Gasteiger partial charge is 0.508 e. The van der Waals surface area contributed by atoms with Gasteiger partial charge in [-0.05, 0) is 98.9 Å². The van der Waals surface area contributed by atoms with Crippen molar-refractivity contribution in [2.24, 2.45) is 31.8 Å². The van der Waals surface area contributed by atoms with Crippen LogP contribution in [0.2, 0.25) is 0 Å². The van der Waals surface area contributed by atoms with Gasteiger partial charge in [0.15, 0.2) is 0 Å². The van der Waals surface area contributed by atoms with Crippen molar-refractivity contribution < 1.29 is 9.90 Å². The van der Waals surface area contributed by atoms with E-state index >= 15 is 0 Å². The van der Waals surface area contributed by atoms with Gasteiger partial charge in [0.2, 0.25) is 0 Å². The molecular weight excluding hydrogens is 492 g/mol. The van der Waals surface area contributed by atoms with Gasteiger partial charge < -0.3 is 14.6 Å². The fourth-order valence-electron chi connectivity index (χ4n) is 8.99. The van der Waals surface area contributed by atoms with Gasteiger partial charge in [-0.25, -0.2) is 4.79 Å². The van der Waals surface area contributed by atoms with E-state index in [9.17, 15) is 19.5 Å². The molecule has 2 aromatic rings. The molecule has 5 atom stereocenters. The Bertz CT molecular complexity index is 1440. The maximum atomic E-state index is 14.1. The number of nitrogens with zero attached hydrogens (tertiary/aromatic N) is 4. The normalized spacial score (nSPS) is 32.1. The van der Waals surface area contributed by atoms with Crippen LogP contribution in [0.3, 0.4) is 0 Å². The molecule has 4 heterocycles. The van der Waals surface area contributed by atoms with E-state index in [-0.39, 0.29) is 22.9 Å². The van der Waals surface area contributed by atoms with Gasteiger partial charge in [-0.3, -0.25) is 19.1 Å². The quantitative estimate of drug-likeness (QED) is 0.657. The van der Waals surface area contributed by atoms with Gasteiger partial charge in [0.1, 0.15) is 11.3 Å². The van der Waals surface area contributed by atoms with Crippen molar-refractivity contribution in [3.8, 4) is 5.75 Å². The molecular formula is C31H40N4O4. The van der Waals surface area contributed by atoms with E-state index < -0.39 is 11.2 Å². The lowest BCUT2D eigenvalue weighted by Gasteiger charge is -2.51. The number of carbonyl (C=O) groups excluding carboxylic acids is 1. The zero-order chi connectivity index (χ0) is 27.1. The monoisotopic (exact) mass is 532 g/mol. The van der Waals surface area contributed by atoms with Gasteiger partial charge in [-0.2, -0.15) is 0 Å². The first-order valence-corrected chi connectivity index (χ1v) is 14.9. The number of benzene rings is 1. The molecule has 0 radical (unpaired) electrons. The minimum absolute atomic E-state index is 0.0555. The van der Waals surface area contributed by atoms with Crippen molar-refractivity contribution in [3.05, 3.63) is 61.9 Å². The lowest BCUT2D eigenvalue weighted by Crippen LogP contribution is -2.53. The summed E-state index contributed by atoms with van der Waals surface area (Å²) in [6.07, 6.45) is 11.4. The van der Waals surface area contributed by atoms with Crippen molar-refractivity contribution in [2.75, 3.05) is 19.6 Å². The first-order valence-electron chi connectivity index (χ1n) is 14.9. The lowest BCUT2D eigenvalue weighted by atomic mass is 9.55. The minimum Gasteiger partial charge on any atom is -0.508 e. The van der Waals surface area contributed by atoms with Gasteiger partial charge in [-0.1, -0.05) is 12.5 Å². The third-order valence-electron chi connectivity index (χ3n) is 11.0. The summed E-state index contributed by atoms with van der Waals surface area (Å²) in [5.41, 5.74) is 1.73. The molecule has 4 fully saturated rings. The second-order valence-electron chi connectivity index (χ2n) is 13.1. The van der Waals surface area contributed by atoms with Crippen molar-refractivity contribution in [1.82, 2.24) is 18.9 Å². The number of fused-ring (bicyclic) bond motifs is 3. The number of hydrogen-bond acceptors (Lipinski definition) is 5. The first-order chi connectivity index (χ1) is 18.8. The standard InChI is InChI=1S/C31H40N4O4/c1-32-18-24(28(37)33(2)30(32)39)29(38)35-17-21-7-9-22-14-20-8-10-23(36)15-25(20)31(11-3-4-26(35)27(21)31)12-13-34(22)16-19-5-6-19/h8,10,15,18-19,21-22,26-27,36H,3-7,9,11-14,16-17H2,1-2H3/t21-,22?,26?,27?,31?/m1/s1. The van der Waals surface area contributed by atoms with E-state index in [4.69, 9.17) is 0 Å². The van der Waals surface area contributed by atoms with Gasteiger partial charge in [-0.15, -0.1) is 0 Å². The van der Waals surface area contributed by atoms with Crippen LogP contribution < -0.4 is 11.2 Å². The zero-order valence-corrected chi connectivity index (χ0v) is 23.1. The molecule has 1 spiro atoms. The van der Waals surface area contributed by atoms with Crippen LogP contribution in [0.15, 0.2) is 34.0 Å². The van der Waals surface area contributed by atoms with Crippen LogP contribution in [-0.4, -0.2) is 61.7 Å². The van der Waals surface area contributed by atoms with E-state index in [0.717, 1.165) is 62.0 Å². The Hall–Kier alpha value is -2.87. The Kier molecular flexibility index (Phi) is 5.85. The summed E-state index contributed by atoms with van der Waals surface area (Å²) in [4.78, 5) is 44.2. The molecule has 3 aliphatic heterocycles. The van der Waals surface area contributed by atoms with E-state index in [1.807, 2.05) is 17.0 Å². The third-order valence-corrected chi connectivity index (χ3v) is 11.0. The number of phenolic OH excluding ortho intramolecular Hbond substituents is 1. The second-order valence-corrected chi connectivity index (χ2v) is 13.1. The van der Waals surface area contributed by atoms with Crippen molar-refractivity contribution >= 4 is 5.91 Å². The highest BCUT2D eigenvalue weighted by atomic mass is 16.3. The summed E-state index contributed by atoms with van der Waals surface area (Å²) in [6, 6.07) is 6.59. The second kappa shape index (κ2) is 9.08. The Morgan fingerprint density at radius 1 is 1.08 bits per heavy atom. The molecule has 6 aliphatic rings. The molecule has 8 heteroatoms. The van der Waals surface area contributed by atoms with Crippen molar-refractivity contribution in [1.29, 1.82) is 0 Å². The topological polar surface area (TPSA) is 87.8 Å². The molecule has 3 aliphatic carbocycles. The summed E-state index contributed by atoms with van der Waals surface area (Å²) in [6.45, 7) is 2.93. The van der Waals surface area contributed by atoms with Gasteiger partial charge in [0.25, 0.3) is 11.5 Å². The molecule has 2 bridgehead atoms. The van der Waals surface area contributed by atoms with E-state index in [1.165, 1.54) is 48.3 Å². The molecule has 39 heavy (non-hydrogen) atoms. The fourth-order valence-corrected chi connectivity index (χ4v) is 8.99. The summed E-state index contributed by atoms with van der Waals surface area (Å²) in [7, 11) is 3.03. The molecule has 1 aromatic carbocycles. The number of hydrogen-bond donors (Lipinski definition) is 1. The molecule has 1 amide bonds. The molecule has 208 valence electrons. The van der Waals surface area contributed by atoms with E-state index in [0.29, 0.717) is 30.2 Å². The number of rotatable bonds is 3. The van der Waals surface area contributed by atoms with Crippen LogP contribution in [0.4, 0.5) is 0 Å². The average Bonchev–Trinajstić information content (AvgIpc) is 3.65. The van der Waals surface area contributed by atoms with Gasteiger partial charge in [0, 0.05) is 50.9 Å². The summed E-state index contributed by atoms with van der Waals surface area (Å²) >= 11 is 0. The lowest BCUT2D eigenvalue weighted by molar-refractivity contribution is 0.0543.